The number of imidazole rings is 1. The zero-order valence-corrected chi connectivity index (χ0v) is 12.3. The number of carbonyl (C=O) groups is 1. The van der Waals surface area contributed by atoms with Crippen molar-refractivity contribution >= 4 is 5.91 Å². The highest BCUT2D eigenvalue weighted by Gasteiger charge is 2.24. The van der Waals surface area contributed by atoms with Crippen molar-refractivity contribution in [3.05, 3.63) is 72.1 Å². The molecule has 0 saturated heterocycles. The monoisotopic (exact) mass is 306 g/mol. The van der Waals surface area contributed by atoms with Crippen molar-refractivity contribution < 1.29 is 9.53 Å². The second-order valence-corrected chi connectivity index (χ2v) is 5.17. The molecule has 23 heavy (non-hydrogen) atoms. The number of pyridine rings is 1. The van der Waals surface area contributed by atoms with Crippen LogP contribution in [-0.2, 0) is 13.2 Å². The largest absolute Gasteiger partial charge is 0.485 e. The maximum absolute atomic E-state index is 12.4. The van der Waals surface area contributed by atoms with Gasteiger partial charge in [0.2, 0.25) is 0 Å². The van der Waals surface area contributed by atoms with E-state index in [9.17, 15) is 4.79 Å². The number of amides is 1. The van der Waals surface area contributed by atoms with Gasteiger partial charge in [0.05, 0.1) is 23.6 Å². The summed E-state index contributed by atoms with van der Waals surface area (Å²) in [6.07, 6.45) is 3.36. The van der Waals surface area contributed by atoms with E-state index in [1.54, 1.807) is 12.5 Å². The highest BCUT2D eigenvalue weighted by atomic mass is 16.5. The van der Waals surface area contributed by atoms with Gasteiger partial charge in [0.15, 0.2) is 5.69 Å². The van der Waals surface area contributed by atoms with Gasteiger partial charge in [-0.2, -0.15) is 0 Å². The molecule has 2 aromatic heterocycles. The van der Waals surface area contributed by atoms with Gasteiger partial charge in [0, 0.05) is 6.20 Å². The molecular weight excluding hydrogens is 292 g/mol. The van der Waals surface area contributed by atoms with Gasteiger partial charge >= 0.3 is 0 Å². The first-order valence-electron chi connectivity index (χ1n) is 7.29. The molecule has 0 unspecified atom stereocenters. The Labute approximate surface area is 132 Å². The standard InChI is InChI=1S/C17H14N4O2/c22-17(19-9-12-5-3-4-8-18-12)16-14-10-23-15-7-2-1-6-13(15)21(14)11-20-16/h1-8,11H,9-10H2,(H,19,22). The summed E-state index contributed by atoms with van der Waals surface area (Å²) in [5.41, 5.74) is 2.83. The summed E-state index contributed by atoms with van der Waals surface area (Å²) in [4.78, 5) is 20.8. The van der Waals surface area contributed by atoms with Crippen molar-refractivity contribution in [2.75, 3.05) is 0 Å². The molecule has 6 heteroatoms. The second-order valence-electron chi connectivity index (χ2n) is 5.17. The summed E-state index contributed by atoms with van der Waals surface area (Å²) >= 11 is 0. The highest BCUT2D eigenvalue weighted by Crippen LogP contribution is 2.30. The van der Waals surface area contributed by atoms with Gasteiger partial charge in [-0.05, 0) is 24.3 Å². The van der Waals surface area contributed by atoms with Crippen LogP contribution in [-0.4, -0.2) is 20.4 Å². The number of nitrogens with zero attached hydrogens (tertiary/aromatic N) is 3. The van der Waals surface area contributed by atoms with E-state index in [1.165, 1.54) is 0 Å². The SMILES string of the molecule is O=C(NCc1ccccn1)c1ncn2c1COc1ccccc1-2. The Morgan fingerprint density at radius 1 is 1.17 bits per heavy atom. The second kappa shape index (κ2) is 5.57. The fraction of sp³-hybridized carbons (Fsp3) is 0.118. The lowest BCUT2D eigenvalue weighted by Gasteiger charge is -2.20. The van der Waals surface area contributed by atoms with Gasteiger partial charge in [0.1, 0.15) is 18.7 Å². The Balaban J connectivity index is 1.57. The predicted molar refractivity (Wildman–Crippen MR) is 83.3 cm³/mol. The first-order valence-corrected chi connectivity index (χ1v) is 7.29. The van der Waals surface area contributed by atoms with Crippen LogP contribution in [0.15, 0.2) is 55.0 Å². The average Bonchev–Trinajstić information content (AvgIpc) is 3.05. The Morgan fingerprint density at radius 3 is 2.91 bits per heavy atom. The molecule has 0 fully saturated rings. The van der Waals surface area contributed by atoms with Crippen LogP contribution >= 0.6 is 0 Å². The topological polar surface area (TPSA) is 69.0 Å². The molecule has 0 radical (unpaired) electrons. The van der Waals surface area contributed by atoms with Gasteiger partial charge in [-0.25, -0.2) is 4.98 Å². The maximum atomic E-state index is 12.4. The molecule has 1 aliphatic heterocycles. The van der Waals surface area contributed by atoms with Gasteiger partial charge in [-0.3, -0.25) is 14.3 Å². The number of para-hydroxylation sites is 2. The van der Waals surface area contributed by atoms with E-state index in [0.29, 0.717) is 18.8 Å². The zero-order valence-electron chi connectivity index (χ0n) is 12.3. The molecule has 4 rings (SSSR count). The fourth-order valence-corrected chi connectivity index (χ4v) is 2.59. The Morgan fingerprint density at radius 2 is 2.04 bits per heavy atom. The molecule has 0 aliphatic carbocycles. The summed E-state index contributed by atoms with van der Waals surface area (Å²) < 4.78 is 7.61. The van der Waals surface area contributed by atoms with Crippen LogP contribution in [0.4, 0.5) is 0 Å². The molecule has 114 valence electrons. The minimum absolute atomic E-state index is 0.229. The van der Waals surface area contributed by atoms with Crippen LogP contribution in [0.3, 0.4) is 0 Å². The molecule has 0 atom stereocenters. The van der Waals surface area contributed by atoms with Crippen LogP contribution < -0.4 is 10.1 Å². The van der Waals surface area contributed by atoms with E-state index in [1.807, 2.05) is 47.0 Å². The minimum Gasteiger partial charge on any atom is -0.485 e. The third kappa shape index (κ3) is 2.44. The lowest BCUT2D eigenvalue weighted by Crippen LogP contribution is -2.26. The number of hydrogen-bond acceptors (Lipinski definition) is 4. The quantitative estimate of drug-likeness (QED) is 0.804. The number of nitrogens with one attached hydrogen (secondary N) is 1. The van der Waals surface area contributed by atoms with Gasteiger partial charge < -0.3 is 10.1 Å². The number of hydrogen-bond donors (Lipinski definition) is 1. The maximum Gasteiger partial charge on any atom is 0.272 e. The highest BCUT2D eigenvalue weighted by molar-refractivity contribution is 5.93. The van der Waals surface area contributed by atoms with Crippen LogP contribution in [0.1, 0.15) is 21.9 Å². The van der Waals surface area contributed by atoms with Crippen LogP contribution in [0.2, 0.25) is 0 Å². The van der Waals surface area contributed by atoms with E-state index in [-0.39, 0.29) is 5.91 Å². The average molecular weight is 306 g/mol. The van der Waals surface area contributed by atoms with Crippen molar-refractivity contribution in [2.24, 2.45) is 0 Å². The molecule has 0 bridgehead atoms. The van der Waals surface area contributed by atoms with Crippen LogP contribution in [0.25, 0.3) is 5.69 Å². The van der Waals surface area contributed by atoms with E-state index < -0.39 is 0 Å². The van der Waals surface area contributed by atoms with E-state index >= 15 is 0 Å². The van der Waals surface area contributed by atoms with Crippen molar-refractivity contribution in [3.8, 4) is 11.4 Å². The molecule has 1 amide bonds. The molecule has 0 saturated carbocycles. The van der Waals surface area contributed by atoms with E-state index in [2.05, 4.69) is 15.3 Å². The third-order valence-corrected chi connectivity index (χ3v) is 3.73. The van der Waals surface area contributed by atoms with Crippen molar-refractivity contribution in [2.45, 2.75) is 13.2 Å². The number of benzene rings is 1. The molecule has 3 heterocycles. The fourth-order valence-electron chi connectivity index (χ4n) is 2.59. The molecule has 3 aromatic rings. The third-order valence-electron chi connectivity index (χ3n) is 3.73. The van der Waals surface area contributed by atoms with E-state index in [4.69, 9.17) is 4.74 Å². The smallest absolute Gasteiger partial charge is 0.272 e. The molecule has 6 nitrogen and oxygen atoms in total. The summed E-state index contributed by atoms with van der Waals surface area (Å²) in [7, 11) is 0. The van der Waals surface area contributed by atoms with Gasteiger partial charge in [-0.15, -0.1) is 0 Å². The molecule has 1 aliphatic rings. The molecule has 1 aromatic carbocycles. The number of ether oxygens (including phenoxy) is 1. The Hall–Kier alpha value is -3.15. The summed E-state index contributed by atoms with van der Waals surface area (Å²) in [5, 5.41) is 2.84. The van der Waals surface area contributed by atoms with Crippen LogP contribution in [0.5, 0.6) is 5.75 Å². The molecule has 1 N–H and O–H groups in total. The minimum atomic E-state index is -0.229. The normalized spacial score (nSPS) is 12.0. The van der Waals surface area contributed by atoms with Gasteiger partial charge in [0.25, 0.3) is 5.91 Å². The van der Waals surface area contributed by atoms with Crippen LogP contribution in [0, 0.1) is 0 Å². The first kappa shape index (κ1) is 13.5. The predicted octanol–water partition coefficient (Wildman–Crippen LogP) is 2.09. The van der Waals surface area contributed by atoms with Gasteiger partial charge in [-0.1, -0.05) is 18.2 Å². The number of fused-ring (bicyclic) bond motifs is 3. The van der Waals surface area contributed by atoms with Crippen molar-refractivity contribution in [1.29, 1.82) is 0 Å². The number of carbonyl (C=O) groups excluding carboxylic acids is 1. The number of rotatable bonds is 3. The summed E-state index contributed by atoms with van der Waals surface area (Å²) in [5.74, 6) is 0.560. The van der Waals surface area contributed by atoms with E-state index in [0.717, 1.165) is 22.8 Å². The summed E-state index contributed by atoms with van der Waals surface area (Å²) in [6.45, 7) is 0.687. The lowest BCUT2D eigenvalue weighted by atomic mass is 10.2. The zero-order chi connectivity index (χ0) is 15.6. The Kier molecular flexibility index (Phi) is 3.27. The first-order chi connectivity index (χ1) is 11.3. The number of aromatic nitrogens is 3. The molecule has 0 spiro atoms. The Bertz CT molecular complexity index is 858. The van der Waals surface area contributed by atoms with Crippen molar-refractivity contribution in [3.63, 3.8) is 0 Å². The summed E-state index contributed by atoms with van der Waals surface area (Å²) in [6, 6.07) is 13.3. The van der Waals surface area contributed by atoms with Crippen molar-refractivity contribution in [1.82, 2.24) is 19.9 Å². The lowest BCUT2D eigenvalue weighted by molar-refractivity contribution is 0.0942. The molecular formula is C17H14N4O2.